The van der Waals surface area contributed by atoms with Gasteiger partial charge in [0, 0.05) is 11.8 Å². The molecule has 1 unspecified atom stereocenters. The minimum Gasteiger partial charge on any atom is -0.327 e. The van der Waals surface area contributed by atoms with Crippen molar-refractivity contribution in [2.24, 2.45) is 5.73 Å². The van der Waals surface area contributed by atoms with E-state index in [2.05, 4.69) is 0 Å². The lowest BCUT2D eigenvalue weighted by Crippen LogP contribution is -2.18. The van der Waals surface area contributed by atoms with Crippen LogP contribution < -0.4 is 5.73 Å². The fraction of sp³-hybridized carbons (Fsp3) is 1.00. The van der Waals surface area contributed by atoms with Crippen LogP contribution in [0.4, 0.5) is 8.78 Å². The summed E-state index contributed by atoms with van der Waals surface area (Å²) >= 11 is 0.581. The second-order valence-electron chi connectivity index (χ2n) is 1.57. The summed E-state index contributed by atoms with van der Waals surface area (Å²) in [4.78, 5) is 0. The number of halogens is 2. The van der Waals surface area contributed by atoms with Gasteiger partial charge in [0.2, 0.25) is 0 Å². The summed E-state index contributed by atoms with van der Waals surface area (Å²) in [5.41, 5.74) is 5.19. The molecule has 0 aliphatic rings. The highest BCUT2D eigenvalue weighted by Crippen LogP contribution is 2.12. The van der Waals surface area contributed by atoms with Gasteiger partial charge in [0.25, 0.3) is 5.76 Å². The van der Waals surface area contributed by atoms with Crippen molar-refractivity contribution in [2.45, 2.75) is 18.7 Å². The molecule has 0 bridgehead atoms. The zero-order valence-corrected chi connectivity index (χ0v) is 5.42. The lowest BCUT2D eigenvalue weighted by atomic mass is 10.4. The molecule has 8 heavy (non-hydrogen) atoms. The standard InChI is InChI=1S/C4H9F2NS/c1-3(7)2-8-4(5)6/h3-4H,2,7H2,1H3. The van der Waals surface area contributed by atoms with Crippen LogP contribution in [0.5, 0.6) is 0 Å². The molecule has 0 aliphatic carbocycles. The van der Waals surface area contributed by atoms with E-state index in [1.54, 1.807) is 6.92 Å². The molecule has 0 aromatic heterocycles. The van der Waals surface area contributed by atoms with Crippen molar-refractivity contribution in [1.82, 2.24) is 0 Å². The molecule has 0 rings (SSSR count). The van der Waals surface area contributed by atoms with E-state index in [9.17, 15) is 8.78 Å². The van der Waals surface area contributed by atoms with Crippen LogP contribution in [-0.2, 0) is 0 Å². The Morgan fingerprint density at radius 2 is 2.12 bits per heavy atom. The first kappa shape index (κ1) is 8.17. The molecule has 0 saturated heterocycles. The van der Waals surface area contributed by atoms with Crippen LogP contribution >= 0.6 is 11.8 Å². The van der Waals surface area contributed by atoms with E-state index in [0.29, 0.717) is 17.5 Å². The minimum atomic E-state index is -2.28. The molecular weight excluding hydrogens is 132 g/mol. The molecule has 50 valence electrons. The lowest BCUT2D eigenvalue weighted by molar-refractivity contribution is 0.252. The van der Waals surface area contributed by atoms with E-state index in [-0.39, 0.29) is 6.04 Å². The van der Waals surface area contributed by atoms with Gasteiger partial charge in [0.15, 0.2) is 0 Å². The summed E-state index contributed by atoms with van der Waals surface area (Å²) in [6, 6.07) is -0.131. The van der Waals surface area contributed by atoms with Crippen LogP contribution in [0.25, 0.3) is 0 Å². The van der Waals surface area contributed by atoms with Gasteiger partial charge in [-0.1, -0.05) is 11.8 Å². The summed E-state index contributed by atoms with van der Waals surface area (Å²) in [6.45, 7) is 1.70. The smallest absolute Gasteiger partial charge is 0.284 e. The molecule has 4 heteroatoms. The monoisotopic (exact) mass is 141 g/mol. The summed E-state index contributed by atoms with van der Waals surface area (Å²) in [7, 11) is 0. The topological polar surface area (TPSA) is 26.0 Å². The Balaban J connectivity index is 2.93. The van der Waals surface area contributed by atoms with Crippen molar-refractivity contribution in [3.8, 4) is 0 Å². The van der Waals surface area contributed by atoms with Gasteiger partial charge in [-0.25, -0.2) is 0 Å². The molecule has 0 spiro atoms. The number of alkyl halides is 2. The maximum Gasteiger partial charge on any atom is 0.284 e. The molecule has 0 heterocycles. The zero-order chi connectivity index (χ0) is 6.57. The molecule has 0 fully saturated rings. The Kier molecular flexibility index (Phi) is 4.18. The largest absolute Gasteiger partial charge is 0.327 e. The molecule has 1 nitrogen and oxygen atoms in total. The zero-order valence-electron chi connectivity index (χ0n) is 4.60. The first-order valence-corrected chi connectivity index (χ1v) is 3.33. The third-order valence-corrected chi connectivity index (χ3v) is 1.46. The highest BCUT2D eigenvalue weighted by molar-refractivity contribution is 7.99. The molecule has 0 aromatic carbocycles. The predicted molar refractivity (Wildman–Crippen MR) is 32.1 cm³/mol. The van der Waals surface area contributed by atoms with Gasteiger partial charge in [-0.05, 0) is 6.92 Å². The van der Waals surface area contributed by atoms with Crippen molar-refractivity contribution in [3.05, 3.63) is 0 Å². The summed E-state index contributed by atoms with van der Waals surface area (Å²) in [6.07, 6.45) is 0. The first-order chi connectivity index (χ1) is 3.63. The van der Waals surface area contributed by atoms with Gasteiger partial charge in [-0.15, -0.1) is 0 Å². The van der Waals surface area contributed by atoms with Crippen LogP contribution in [0, 0.1) is 0 Å². The minimum absolute atomic E-state index is 0.131. The average Bonchev–Trinajstić information content (AvgIpc) is 1.61. The number of thioether (sulfide) groups is 1. The van der Waals surface area contributed by atoms with Crippen molar-refractivity contribution in [2.75, 3.05) is 5.75 Å². The molecular formula is C4H9F2NS. The molecule has 0 aromatic rings. The van der Waals surface area contributed by atoms with E-state index in [0.717, 1.165) is 0 Å². The maximum absolute atomic E-state index is 11.3. The average molecular weight is 141 g/mol. The number of rotatable bonds is 3. The van der Waals surface area contributed by atoms with E-state index >= 15 is 0 Å². The van der Waals surface area contributed by atoms with E-state index in [1.807, 2.05) is 0 Å². The Labute approximate surface area is 51.6 Å². The Hall–Kier alpha value is 0.170. The first-order valence-electron chi connectivity index (χ1n) is 2.28. The highest BCUT2D eigenvalue weighted by atomic mass is 32.2. The SMILES string of the molecule is CC(N)CSC(F)F. The van der Waals surface area contributed by atoms with Crippen LogP contribution in [0.2, 0.25) is 0 Å². The van der Waals surface area contributed by atoms with Crippen LogP contribution in [0.1, 0.15) is 6.92 Å². The van der Waals surface area contributed by atoms with Crippen LogP contribution in [0.3, 0.4) is 0 Å². The van der Waals surface area contributed by atoms with Crippen molar-refractivity contribution < 1.29 is 8.78 Å². The molecule has 0 radical (unpaired) electrons. The molecule has 1 atom stereocenters. The normalized spacial score (nSPS) is 14.6. The Bertz CT molecular complexity index is 50.0. The predicted octanol–water partition coefficient (Wildman–Crippen LogP) is 1.29. The van der Waals surface area contributed by atoms with Crippen molar-refractivity contribution in [3.63, 3.8) is 0 Å². The summed E-state index contributed by atoms with van der Waals surface area (Å²) in [5, 5.41) is 0. The van der Waals surface area contributed by atoms with Gasteiger partial charge in [-0.2, -0.15) is 8.78 Å². The highest BCUT2D eigenvalue weighted by Gasteiger charge is 2.02. The molecule has 0 amide bonds. The van der Waals surface area contributed by atoms with Gasteiger partial charge >= 0.3 is 0 Å². The third-order valence-electron chi connectivity index (χ3n) is 0.485. The lowest BCUT2D eigenvalue weighted by Gasteiger charge is -2.01. The van der Waals surface area contributed by atoms with E-state index < -0.39 is 5.76 Å². The van der Waals surface area contributed by atoms with E-state index in [4.69, 9.17) is 5.73 Å². The summed E-state index contributed by atoms with van der Waals surface area (Å²) < 4.78 is 22.6. The second-order valence-corrected chi connectivity index (χ2v) is 2.59. The number of nitrogens with two attached hydrogens (primary N) is 1. The third kappa shape index (κ3) is 6.17. The maximum atomic E-state index is 11.3. The molecule has 2 N–H and O–H groups in total. The number of hydrogen-bond donors (Lipinski definition) is 1. The van der Waals surface area contributed by atoms with E-state index in [1.165, 1.54) is 0 Å². The fourth-order valence-electron chi connectivity index (χ4n) is 0.225. The second kappa shape index (κ2) is 4.09. The van der Waals surface area contributed by atoms with Crippen LogP contribution in [0.15, 0.2) is 0 Å². The number of hydrogen-bond acceptors (Lipinski definition) is 2. The van der Waals surface area contributed by atoms with Gasteiger partial charge in [0.1, 0.15) is 0 Å². The Morgan fingerprint density at radius 3 is 2.25 bits per heavy atom. The van der Waals surface area contributed by atoms with Crippen molar-refractivity contribution >= 4 is 11.8 Å². The van der Waals surface area contributed by atoms with Crippen molar-refractivity contribution in [1.29, 1.82) is 0 Å². The van der Waals surface area contributed by atoms with Crippen LogP contribution in [-0.4, -0.2) is 17.6 Å². The quantitative estimate of drug-likeness (QED) is 0.641. The Morgan fingerprint density at radius 1 is 1.62 bits per heavy atom. The summed E-state index contributed by atoms with van der Waals surface area (Å²) in [5.74, 6) is -1.95. The van der Waals surface area contributed by atoms with Gasteiger partial charge in [0.05, 0.1) is 0 Å². The molecule has 0 saturated carbocycles. The fourth-order valence-corrected chi connectivity index (χ4v) is 0.674. The van der Waals surface area contributed by atoms with Gasteiger partial charge < -0.3 is 5.73 Å². The van der Waals surface area contributed by atoms with Gasteiger partial charge in [-0.3, -0.25) is 0 Å². The molecule has 0 aliphatic heterocycles.